The Morgan fingerprint density at radius 1 is 1.36 bits per heavy atom. The lowest BCUT2D eigenvalue weighted by Gasteiger charge is -2.23. The quantitative estimate of drug-likeness (QED) is 0.786. The zero-order valence-electron chi connectivity index (χ0n) is 8.78. The average Bonchev–Trinajstić information content (AvgIpc) is 2.62. The highest BCUT2D eigenvalue weighted by Gasteiger charge is 2.05. The van der Waals surface area contributed by atoms with E-state index < -0.39 is 0 Å². The number of nitrogens with one attached hydrogen (secondary N) is 1. The van der Waals surface area contributed by atoms with Crippen LogP contribution in [0.1, 0.15) is 13.8 Å². The summed E-state index contributed by atoms with van der Waals surface area (Å²) in [6, 6.07) is 6.78. The Labute approximate surface area is 83.8 Å². The van der Waals surface area contributed by atoms with Crippen LogP contribution in [0.25, 0.3) is 11.0 Å². The lowest BCUT2D eigenvalue weighted by atomic mass is 10.2. The number of hydrogen-bond donors (Lipinski definition) is 1. The fourth-order valence-electron chi connectivity index (χ4n) is 1.44. The van der Waals surface area contributed by atoms with Crippen LogP contribution in [0.3, 0.4) is 0 Å². The van der Waals surface area contributed by atoms with E-state index in [9.17, 15) is 0 Å². The van der Waals surface area contributed by atoms with Gasteiger partial charge >= 0.3 is 0 Å². The lowest BCUT2D eigenvalue weighted by Crippen LogP contribution is -2.25. The van der Waals surface area contributed by atoms with E-state index in [0.29, 0.717) is 6.04 Å². The maximum atomic E-state index is 4.19. The van der Waals surface area contributed by atoms with Crippen molar-refractivity contribution in [1.82, 2.24) is 9.97 Å². The van der Waals surface area contributed by atoms with Gasteiger partial charge in [0.05, 0.1) is 17.4 Å². The largest absolute Gasteiger partial charge is 0.372 e. The molecule has 1 heterocycles. The van der Waals surface area contributed by atoms with Gasteiger partial charge in [0.1, 0.15) is 0 Å². The Balaban J connectivity index is 2.43. The number of aromatic nitrogens is 2. The first-order valence-corrected chi connectivity index (χ1v) is 4.84. The van der Waals surface area contributed by atoms with Crippen LogP contribution in [0, 0.1) is 0 Å². The molecule has 0 radical (unpaired) electrons. The molecule has 2 rings (SSSR count). The topological polar surface area (TPSA) is 31.9 Å². The SMILES string of the molecule is CC(C)N(C)c1ccc2nc[nH]c2c1. The predicted octanol–water partition coefficient (Wildman–Crippen LogP) is 2.41. The standard InChI is InChI=1S/C11H15N3/c1-8(2)14(3)9-4-5-10-11(6-9)13-7-12-10/h4-8H,1-3H3,(H,12,13). The van der Waals surface area contributed by atoms with E-state index in [-0.39, 0.29) is 0 Å². The van der Waals surface area contributed by atoms with E-state index in [2.05, 4.69) is 47.9 Å². The minimum atomic E-state index is 0.510. The first-order valence-electron chi connectivity index (χ1n) is 4.84. The summed E-state index contributed by atoms with van der Waals surface area (Å²) in [6.45, 7) is 4.36. The lowest BCUT2D eigenvalue weighted by molar-refractivity contribution is 0.755. The fourth-order valence-corrected chi connectivity index (χ4v) is 1.44. The minimum Gasteiger partial charge on any atom is -0.372 e. The summed E-state index contributed by atoms with van der Waals surface area (Å²) in [5, 5.41) is 0. The van der Waals surface area contributed by atoms with Crippen molar-refractivity contribution in [2.75, 3.05) is 11.9 Å². The van der Waals surface area contributed by atoms with Crippen LogP contribution in [0.15, 0.2) is 24.5 Å². The number of H-pyrrole nitrogens is 1. The average molecular weight is 189 g/mol. The molecule has 0 unspecified atom stereocenters. The van der Waals surface area contributed by atoms with Crippen LogP contribution >= 0.6 is 0 Å². The highest BCUT2D eigenvalue weighted by Crippen LogP contribution is 2.19. The molecule has 3 nitrogen and oxygen atoms in total. The van der Waals surface area contributed by atoms with Crippen molar-refractivity contribution in [2.45, 2.75) is 19.9 Å². The molecule has 0 atom stereocenters. The summed E-state index contributed by atoms with van der Waals surface area (Å²) >= 11 is 0. The number of nitrogens with zero attached hydrogens (tertiary/aromatic N) is 2. The zero-order valence-corrected chi connectivity index (χ0v) is 8.78. The number of fused-ring (bicyclic) bond motifs is 1. The number of benzene rings is 1. The number of aromatic amines is 1. The Morgan fingerprint density at radius 2 is 2.14 bits per heavy atom. The van der Waals surface area contributed by atoms with E-state index >= 15 is 0 Å². The molecular weight excluding hydrogens is 174 g/mol. The maximum absolute atomic E-state index is 4.19. The van der Waals surface area contributed by atoms with E-state index in [4.69, 9.17) is 0 Å². The van der Waals surface area contributed by atoms with Crippen molar-refractivity contribution in [1.29, 1.82) is 0 Å². The molecule has 0 fully saturated rings. The molecule has 1 aromatic carbocycles. The first-order chi connectivity index (χ1) is 6.68. The van der Waals surface area contributed by atoms with Crippen LogP contribution in [0.4, 0.5) is 5.69 Å². The Kier molecular flexibility index (Phi) is 2.15. The van der Waals surface area contributed by atoms with E-state index in [0.717, 1.165) is 11.0 Å². The van der Waals surface area contributed by atoms with E-state index in [1.54, 1.807) is 6.33 Å². The van der Waals surface area contributed by atoms with Gasteiger partial charge in [-0.05, 0) is 32.0 Å². The Hall–Kier alpha value is -1.51. The highest BCUT2D eigenvalue weighted by atomic mass is 15.1. The van der Waals surface area contributed by atoms with Crippen molar-refractivity contribution in [3.63, 3.8) is 0 Å². The van der Waals surface area contributed by atoms with Gasteiger partial charge in [-0.3, -0.25) is 0 Å². The minimum absolute atomic E-state index is 0.510. The van der Waals surface area contributed by atoms with Gasteiger partial charge in [-0.1, -0.05) is 0 Å². The van der Waals surface area contributed by atoms with Gasteiger partial charge in [0.2, 0.25) is 0 Å². The summed E-state index contributed by atoms with van der Waals surface area (Å²) in [5.74, 6) is 0. The summed E-state index contributed by atoms with van der Waals surface area (Å²) in [5.41, 5.74) is 3.33. The molecule has 14 heavy (non-hydrogen) atoms. The summed E-state index contributed by atoms with van der Waals surface area (Å²) < 4.78 is 0. The van der Waals surface area contributed by atoms with Gasteiger partial charge in [0, 0.05) is 18.8 Å². The second-order valence-corrected chi connectivity index (χ2v) is 3.81. The first kappa shape index (κ1) is 9.06. The highest BCUT2D eigenvalue weighted by molar-refractivity contribution is 5.79. The molecule has 0 amide bonds. The van der Waals surface area contributed by atoms with Crippen molar-refractivity contribution >= 4 is 16.7 Å². The maximum Gasteiger partial charge on any atom is 0.0931 e. The van der Waals surface area contributed by atoms with Crippen molar-refractivity contribution in [2.24, 2.45) is 0 Å². The number of hydrogen-bond acceptors (Lipinski definition) is 2. The third kappa shape index (κ3) is 1.45. The van der Waals surface area contributed by atoms with Gasteiger partial charge < -0.3 is 9.88 Å². The van der Waals surface area contributed by atoms with Crippen LogP contribution in [0.2, 0.25) is 0 Å². The third-order valence-corrected chi connectivity index (χ3v) is 2.59. The Bertz CT molecular complexity index is 431. The van der Waals surface area contributed by atoms with Gasteiger partial charge in [-0.15, -0.1) is 0 Å². The van der Waals surface area contributed by atoms with Crippen molar-refractivity contribution < 1.29 is 0 Å². The molecule has 3 heteroatoms. The van der Waals surface area contributed by atoms with Crippen LogP contribution in [0.5, 0.6) is 0 Å². The third-order valence-electron chi connectivity index (χ3n) is 2.59. The number of rotatable bonds is 2. The normalized spacial score (nSPS) is 11.1. The van der Waals surface area contributed by atoms with E-state index in [1.165, 1.54) is 5.69 Å². The second-order valence-electron chi connectivity index (χ2n) is 3.81. The molecule has 2 aromatic rings. The molecule has 1 aromatic heterocycles. The molecule has 0 saturated heterocycles. The van der Waals surface area contributed by atoms with Crippen molar-refractivity contribution in [3.05, 3.63) is 24.5 Å². The monoisotopic (exact) mass is 189 g/mol. The molecule has 1 N–H and O–H groups in total. The smallest absolute Gasteiger partial charge is 0.0931 e. The molecule has 0 aliphatic rings. The number of anilines is 1. The van der Waals surface area contributed by atoms with Gasteiger partial charge in [0.15, 0.2) is 0 Å². The molecule has 0 aliphatic heterocycles. The van der Waals surface area contributed by atoms with Gasteiger partial charge in [-0.2, -0.15) is 0 Å². The fraction of sp³-hybridized carbons (Fsp3) is 0.364. The predicted molar refractivity (Wildman–Crippen MR) is 59.6 cm³/mol. The molecule has 0 aliphatic carbocycles. The molecule has 74 valence electrons. The molecular formula is C11H15N3. The van der Waals surface area contributed by atoms with Crippen molar-refractivity contribution in [3.8, 4) is 0 Å². The van der Waals surface area contributed by atoms with E-state index in [1.807, 2.05) is 6.07 Å². The second kappa shape index (κ2) is 3.33. The van der Waals surface area contributed by atoms with Crippen LogP contribution < -0.4 is 4.90 Å². The molecule has 0 bridgehead atoms. The number of imidazole rings is 1. The summed E-state index contributed by atoms with van der Waals surface area (Å²) in [6.07, 6.45) is 1.73. The van der Waals surface area contributed by atoms with Gasteiger partial charge in [-0.25, -0.2) is 4.98 Å². The summed E-state index contributed by atoms with van der Waals surface area (Å²) in [7, 11) is 2.10. The molecule has 0 saturated carbocycles. The summed E-state index contributed by atoms with van der Waals surface area (Å²) in [4.78, 5) is 9.54. The zero-order chi connectivity index (χ0) is 10.1. The van der Waals surface area contributed by atoms with Gasteiger partial charge in [0.25, 0.3) is 0 Å². The Morgan fingerprint density at radius 3 is 2.86 bits per heavy atom. The van der Waals surface area contributed by atoms with Crippen LogP contribution in [-0.4, -0.2) is 23.1 Å². The van der Waals surface area contributed by atoms with Crippen LogP contribution in [-0.2, 0) is 0 Å². The molecule has 0 spiro atoms.